The standard InChI is InChI=1S/C21H25ClN4O2/c1-2-26-18-13-25(21(28)15-7-4-8-16(22)11-15)10-9-17(18)24-19(26)12-23-20(27)14-5-3-6-14/h4,7-8,11,14H,2-3,5-6,9-10,12-13H2,1H3,(H,23,27). The third-order valence-corrected chi connectivity index (χ3v) is 6.00. The first-order valence-electron chi connectivity index (χ1n) is 9.96. The normalized spacial score (nSPS) is 16.4. The van der Waals surface area contributed by atoms with Gasteiger partial charge in [0.05, 0.1) is 24.5 Å². The molecule has 6 nitrogen and oxygen atoms in total. The Balaban J connectivity index is 1.49. The van der Waals surface area contributed by atoms with E-state index >= 15 is 0 Å². The van der Waals surface area contributed by atoms with Crippen LogP contribution < -0.4 is 5.32 Å². The van der Waals surface area contributed by atoms with Gasteiger partial charge in [-0.15, -0.1) is 0 Å². The van der Waals surface area contributed by atoms with Gasteiger partial charge in [0, 0.05) is 36.0 Å². The van der Waals surface area contributed by atoms with Gasteiger partial charge in [-0.2, -0.15) is 0 Å². The highest BCUT2D eigenvalue weighted by atomic mass is 35.5. The first-order valence-corrected chi connectivity index (χ1v) is 10.3. The van der Waals surface area contributed by atoms with E-state index in [0.29, 0.717) is 30.2 Å². The first kappa shape index (κ1) is 19.0. The molecule has 4 rings (SSSR count). The van der Waals surface area contributed by atoms with Crippen LogP contribution in [-0.2, 0) is 30.8 Å². The fourth-order valence-electron chi connectivity index (χ4n) is 3.94. The summed E-state index contributed by atoms with van der Waals surface area (Å²) in [4.78, 5) is 31.6. The Bertz CT molecular complexity index is 904. The van der Waals surface area contributed by atoms with Gasteiger partial charge < -0.3 is 14.8 Å². The number of aromatic nitrogens is 2. The van der Waals surface area contributed by atoms with Crippen molar-refractivity contribution in [3.63, 3.8) is 0 Å². The summed E-state index contributed by atoms with van der Waals surface area (Å²) in [6.07, 6.45) is 3.85. The first-order chi connectivity index (χ1) is 13.6. The number of hydrogen-bond acceptors (Lipinski definition) is 3. The summed E-state index contributed by atoms with van der Waals surface area (Å²) in [6, 6.07) is 7.06. The monoisotopic (exact) mass is 400 g/mol. The van der Waals surface area contributed by atoms with Gasteiger partial charge in [-0.05, 0) is 38.0 Å². The summed E-state index contributed by atoms with van der Waals surface area (Å²) in [6.45, 7) is 4.43. The van der Waals surface area contributed by atoms with E-state index in [1.165, 1.54) is 0 Å². The van der Waals surface area contributed by atoms with E-state index in [0.717, 1.165) is 49.4 Å². The minimum Gasteiger partial charge on any atom is -0.349 e. The van der Waals surface area contributed by atoms with Crippen molar-refractivity contribution in [2.45, 2.75) is 52.2 Å². The van der Waals surface area contributed by atoms with E-state index in [1.807, 2.05) is 4.90 Å². The van der Waals surface area contributed by atoms with Gasteiger partial charge in [-0.3, -0.25) is 9.59 Å². The van der Waals surface area contributed by atoms with E-state index in [4.69, 9.17) is 16.6 Å². The molecule has 1 aliphatic carbocycles. The van der Waals surface area contributed by atoms with Crippen LogP contribution in [-0.4, -0.2) is 32.8 Å². The summed E-state index contributed by atoms with van der Waals surface area (Å²) in [5, 5.41) is 3.60. The molecule has 1 aliphatic heterocycles. The van der Waals surface area contributed by atoms with Crippen molar-refractivity contribution in [1.29, 1.82) is 0 Å². The maximum atomic E-state index is 12.9. The highest BCUT2D eigenvalue weighted by molar-refractivity contribution is 6.30. The number of fused-ring (bicyclic) bond motifs is 1. The molecular weight excluding hydrogens is 376 g/mol. The molecule has 0 unspecified atom stereocenters. The zero-order chi connectivity index (χ0) is 19.7. The number of rotatable bonds is 5. The van der Waals surface area contributed by atoms with Gasteiger partial charge >= 0.3 is 0 Å². The molecule has 148 valence electrons. The predicted octanol–water partition coefficient (Wildman–Crippen LogP) is 3.17. The van der Waals surface area contributed by atoms with Crippen molar-refractivity contribution in [1.82, 2.24) is 19.8 Å². The zero-order valence-corrected chi connectivity index (χ0v) is 16.8. The lowest BCUT2D eigenvalue weighted by atomic mass is 9.85. The molecule has 2 aromatic rings. The summed E-state index contributed by atoms with van der Waals surface area (Å²) >= 11 is 6.04. The molecule has 0 radical (unpaired) electrons. The van der Waals surface area contributed by atoms with Crippen LogP contribution in [0, 0.1) is 5.92 Å². The molecule has 0 bridgehead atoms. The predicted molar refractivity (Wildman–Crippen MR) is 107 cm³/mol. The third-order valence-electron chi connectivity index (χ3n) is 5.77. The minimum absolute atomic E-state index is 0.0168. The molecule has 0 atom stereocenters. The summed E-state index contributed by atoms with van der Waals surface area (Å²) in [5.41, 5.74) is 2.70. The van der Waals surface area contributed by atoms with E-state index in [1.54, 1.807) is 24.3 Å². The van der Waals surface area contributed by atoms with Gasteiger partial charge in [0.2, 0.25) is 5.91 Å². The van der Waals surface area contributed by atoms with Gasteiger partial charge in [0.25, 0.3) is 5.91 Å². The van der Waals surface area contributed by atoms with E-state index < -0.39 is 0 Å². The number of halogens is 1. The van der Waals surface area contributed by atoms with Crippen LogP contribution in [0.15, 0.2) is 24.3 Å². The van der Waals surface area contributed by atoms with Gasteiger partial charge in [0.1, 0.15) is 5.82 Å². The zero-order valence-electron chi connectivity index (χ0n) is 16.1. The van der Waals surface area contributed by atoms with Crippen LogP contribution in [0.4, 0.5) is 0 Å². The Labute approximate surface area is 169 Å². The van der Waals surface area contributed by atoms with Crippen molar-refractivity contribution < 1.29 is 9.59 Å². The van der Waals surface area contributed by atoms with Crippen LogP contribution in [0.2, 0.25) is 5.02 Å². The SMILES string of the molecule is CCn1c(CNC(=O)C2CCC2)nc2c1CN(C(=O)c1cccc(Cl)c1)CC2. The maximum Gasteiger partial charge on any atom is 0.254 e. The van der Waals surface area contributed by atoms with Crippen LogP contribution in [0.25, 0.3) is 0 Å². The molecule has 28 heavy (non-hydrogen) atoms. The van der Waals surface area contributed by atoms with Crippen LogP contribution in [0.3, 0.4) is 0 Å². The van der Waals surface area contributed by atoms with Gasteiger partial charge in [0.15, 0.2) is 0 Å². The van der Waals surface area contributed by atoms with E-state index in [9.17, 15) is 9.59 Å². The highest BCUT2D eigenvalue weighted by Gasteiger charge is 2.28. The smallest absolute Gasteiger partial charge is 0.254 e. The Kier molecular flexibility index (Phi) is 5.40. The Morgan fingerprint density at radius 1 is 1.32 bits per heavy atom. The summed E-state index contributed by atoms with van der Waals surface area (Å²) in [5.74, 6) is 1.16. The third kappa shape index (κ3) is 3.65. The van der Waals surface area contributed by atoms with E-state index in [-0.39, 0.29) is 17.7 Å². The van der Waals surface area contributed by atoms with Gasteiger partial charge in [-0.1, -0.05) is 24.1 Å². The lowest BCUT2D eigenvalue weighted by Gasteiger charge is -2.28. The summed E-state index contributed by atoms with van der Waals surface area (Å²) in [7, 11) is 0. The number of amides is 2. The highest BCUT2D eigenvalue weighted by Crippen LogP contribution is 2.27. The lowest BCUT2D eigenvalue weighted by molar-refractivity contribution is -0.127. The molecule has 1 fully saturated rings. The molecule has 0 spiro atoms. The minimum atomic E-state index is -0.0168. The number of benzene rings is 1. The van der Waals surface area contributed by atoms with Crippen molar-refractivity contribution in [3.8, 4) is 0 Å². The fraction of sp³-hybridized carbons (Fsp3) is 0.476. The average molecular weight is 401 g/mol. The molecule has 2 amide bonds. The molecule has 1 aromatic carbocycles. The molecule has 7 heteroatoms. The second-order valence-electron chi connectivity index (χ2n) is 7.50. The van der Waals surface area contributed by atoms with Crippen molar-refractivity contribution in [3.05, 3.63) is 52.1 Å². The molecule has 0 saturated heterocycles. The topological polar surface area (TPSA) is 67.2 Å². The second kappa shape index (κ2) is 7.95. The largest absolute Gasteiger partial charge is 0.349 e. The molecule has 2 heterocycles. The Morgan fingerprint density at radius 3 is 2.82 bits per heavy atom. The summed E-state index contributed by atoms with van der Waals surface area (Å²) < 4.78 is 2.13. The van der Waals surface area contributed by atoms with E-state index in [2.05, 4.69) is 16.8 Å². The number of carbonyl (C=O) groups is 2. The van der Waals surface area contributed by atoms with Gasteiger partial charge in [-0.25, -0.2) is 4.98 Å². The quantitative estimate of drug-likeness (QED) is 0.838. The molecule has 1 aromatic heterocycles. The second-order valence-corrected chi connectivity index (χ2v) is 7.93. The molecule has 1 N–H and O–H groups in total. The van der Waals surface area contributed by atoms with Crippen molar-refractivity contribution >= 4 is 23.4 Å². The van der Waals surface area contributed by atoms with Crippen molar-refractivity contribution in [2.24, 2.45) is 5.92 Å². The maximum absolute atomic E-state index is 12.9. The number of carbonyl (C=O) groups excluding carboxylic acids is 2. The molecule has 2 aliphatic rings. The Morgan fingerprint density at radius 2 is 2.14 bits per heavy atom. The number of nitrogens with one attached hydrogen (secondary N) is 1. The average Bonchev–Trinajstić information content (AvgIpc) is 3.01. The van der Waals surface area contributed by atoms with Crippen LogP contribution in [0.5, 0.6) is 0 Å². The number of nitrogens with zero attached hydrogens (tertiary/aromatic N) is 3. The molecule has 1 saturated carbocycles. The van der Waals surface area contributed by atoms with Crippen LogP contribution in [0.1, 0.15) is 53.8 Å². The number of hydrogen-bond donors (Lipinski definition) is 1. The Hall–Kier alpha value is -2.34. The lowest BCUT2D eigenvalue weighted by Crippen LogP contribution is -2.37. The fourth-order valence-corrected chi connectivity index (χ4v) is 4.13. The van der Waals surface area contributed by atoms with Crippen molar-refractivity contribution in [2.75, 3.05) is 6.54 Å². The van der Waals surface area contributed by atoms with Crippen LogP contribution >= 0.6 is 11.6 Å². The molecular formula is C21H25ClN4O2. The number of imidazole rings is 1.